The molecule has 0 aliphatic rings. The fraction of sp³-hybridized carbons (Fsp3) is 0.333. The molecule has 1 aromatic carbocycles. The molecule has 0 fully saturated rings. The van der Waals surface area contributed by atoms with Gasteiger partial charge >= 0.3 is 0 Å². The van der Waals surface area contributed by atoms with E-state index in [1.54, 1.807) is 20.3 Å². The topological polar surface area (TPSA) is 56.3 Å². The van der Waals surface area contributed by atoms with Crippen molar-refractivity contribution in [1.82, 2.24) is 9.97 Å². The van der Waals surface area contributed by atoms with Gasteiger partial charge in [-0.05, 0) is 11.5 Å². The maximum absolute atomic E-state index is 5.12. The molecule has 5 nitrogen and oxygen atoms in total. The van der Waals surface area contributed by atoms with Gasteiger partial charge in [0.1, 0.15) is 0 Å². The second-order valence-electron chi connectivity index (χ2n) is 4.47. The van der Waals surface area contributed by atoms with E-state index >= 15 is 0 Å². The van der Waals surface area contributed by atoms with Crippen LogP contribution < -0.4 is 14.8 Å². The molecule has 0 radical (unpaired) electrons. The molecule has 0 saturated carbocycles. The number of hydrogen-bond acceptors (Lipinski definition) is 5. The average Bonchev–Trinajstić information content (AvgIpc) is 2.53. The zero-order valence-corrected chi connectivity index (χ0v) is 12.0. The number of aromatic nitrogens is 2. The van der Waals surface area contributed by atoms with Gasteiger partial charge < -0.3 is 14.8 Å². The minimum atomic E-state index is 0.358. The van der Waals surface area contributed by atoms with Crippen LogP contribution in [0, 0.1) is 0 Å². The normalized spacial score (nSPS) is 11.8. The van der Waals surface area contributed by atoms with Crippen LogP contribution in [0.1, 0.15) is 18.4 Å². The van der Waals surface area contributed by atoms with Crippen LogP contribution in [0.5, 0.6) is 11.8 Å². The number of nitrogens with one attached hydrogen (secondary N) is 1. The van der Waals surface area contributed by atoms with E-state index in [1.165, 1.54) is 5.56 Å². The minimum absolute atomic E-state index is 0.358. The van der Waals surface area contributed by atoms with E-state index in [-0.39, 0.29) is 0 Å². The molecule has 1 unspecified atom stereocenters. The molecule has 1 aromatic heterocycles. The predicted molar refractivity (Wildman–Crippen MR) is 78.5 cm³/mol. The molecule has 0 spiro atoms. The molecule has 0 aliphatic carbocycles. The minimum Gasteiger partial charge on any atom is -0.481 e. The lowest BCUT2D eigenvalue weighted by molar-refractivity contribution is 0.372. The summed E-state index contributed by atoms with van der Waals surface area (Å²) in [6.07, 6.45) is 0. The van der Waals surface area contributed by atoms with Crippen LogP contribution in [-0.2, 0) is 0 Å². The highest BCUT2D eigenvalue weighted by Crippen LogP contribution is 2.19. The number of benzene rings is 1. The Labute approximate surface area is 119 Å². The summed E-state index contributed by atoms with van der Waals surface area (Å²) in [5, 5.41) is 3.21. The van der Waals surface area contributed by atoms with Crippen molar-refractivity contribution >= 4 is 5.95 Å². The van der Waals surface area contributed by atoms with Crippen LogP contribution in [0.2, 0.25) is 0 Å². The van der Waals surface area contributed by atoms with Crippen molar-refractivity contribution in [3.63, 3.8) is 0 Å². The number of hydrogen-bond donors (Lipinski definition) is 1. The molecule has 106 valence electrons. The summed E-state index contributed by atoms with van der Waals surface area (Å²) in [5.41, 5.74) is 1.27. The van der Waals surface area contributed by atoms with E-state index in [0.29, 0.717) is 23.6 Å². The zero-order valence-electron chi connectivity index (χ0n) is 12.0. The molecule has 0 bridgehead atoms. The Hall–Kier alpha value is -2.30. The summed E-state index contributed by atoms with van der Waals surface area (Å²) in [7, 11) is 3.14. The molecular weight excluding hydrogens is 254 g/mol. The molecule has 0 amide bonds. The SMILES string of the molecule is COc1cc(OC)nc(NCC(C)c2ccccc2)n1. The van der Waals surface area contributed by atoms with Gasteiger partial charge in [0, 0.05) is 6.54 Å². The smallest absolute Gasteiger partial charge is 0.229 e. The standard InChI is InChI=1S/C15H19N3O2/c1-11(12-7-5-4-6-8-12)10-16-15-17-13(19-2)9-14(18-15)20-3/h4-9,11H,10H2,1-3H3,(H,16,17,18). The van der Waals surface area contributed by atoms with Crippen molar-refractivity contribution in [2.75, 3.05) is 26.1 Å². The first-order chi connectivity index (χ1) is 9.72. The van der Waals surface area contributed by atoms with Crippen molar-refractivity contribution in [2.24, 2.45) is 0 Å². The maximum Gasteiger partial charge on any atom is 0.229 e. The highest BCUT2D eigenvalue weighted by Gasteiger charge is 2.08. The summed E-state index contributed by atoms with van der Waals surface area (Å²) >= 11 is 0. The van der Waals surface area contributed by atoms with Gasteiger partial charge in [0.15, 0.2) is 0 Å². The van der Waals surface area contributed by atoms with Crippen molar-refractivity contribution in [1.29, 1.82) is 0 Å². The molecule has 0 aliphatic heterocycles. The maximum atomic E-state index is 5.12. The van der Waals surface area contributed by atoms with Gasteiger partial charge in [0.25, 0.3) is 0 Å². The molecule has 20 heavy (non-hydrogen) atoms. The molecule has 0 saturated heterocycles. The monoisotopic (exact) mass is 273 g/mol. The predicted octanol–water partition coefficient (Wildman–Crippen LogP) is 2.71. The first-order valence-corrected chi connectivity index (χ1v) is 6.49. The van der Waals surface area contributed by atoms with E-state index in [9.17, 15) is 0 Å². The third-order valence-corrected chi connectivity index (χ3v) is 3.03. The van der Waals surface area contributed by atoms with Crippen LogP contribution in [-0.4, -0.2) is 30.7 Å². The first kappa shape index (κ1) is 14.1. The lowest BCUT2D eigenvalue weighted by Gasteiger charge is -2.13. The Balaban J connectivity index is 2.03. The molecule has 1 atom stereocenters. The highest BCUT2D eigenvalue weighted by atomic mass is 16.5. The van der Waals surface area contributed by atoms with Crippen molar-refractivity contribution in [3.8, 4) is 11.8 Å². The van der Waals surface area contributed by atoms with Crippen LogP contribution in [0.3, 0.4) is 0 Å². The number of anilines is 1. The number of rotatable bonds is 6. The molecule has 2 aromatic rings. The zero-order chi connectivity index (χ0) is 14.4. The lowest BCUT2D eigenvalue weighted by atomic mass is 10.0. The van der Waals surface area contributed by atoms with Gasteiger partial charge in [0.05, 0.1) is 20.3 Å². The average molecular weight is 273 g/mol. The molecular formula is C15H19N3O2. The summed E-state index contributed by atoms with van der Waals surface area (Å²) in [4.78, 5) is 8.48. The molecule has 1 heterocycles. The summed E-state index contributed by atoms with van der Waals surface area (Å²) < 4.78 is 10.2. The third kappa shape index (κ3) is 3.60. The van der Waals surface area contributed by atoms with Gasteiger partial charge in [-0.25, -0.2) is 0 Å². The van der Waals surface area contributed by atoms with E-state index in [4.69, 9.17) is 9.47 Å². The van der Waals surface area contributed by atoms with Crippen LogP contribution in [0.15, 0.2) is 36.4 Å². The van der Waals surface area contributed by atoms with Crippen LogP contribution >= 0.6 is 0 Å². The Kier molecular flexibility index (Phi) is 4.76. The van der Waals surface area contributed by atoms with Crippen molar-refractivity contribution in [3.05, 3.63) is 42.0 Å². The quantitative estimate of drug-likeness (QED) is 0.877. The Morgan fingerprint density at radius 1 is 1.05 bits per heavy atom. The van der Waals surface area contributed by atoms with Gasteiger partial charge in [-0.2, -0.15) is 9.97 Å². The van der Waals surface area contributed by atoms with Gasteiger partial charge in [-0.15, -0.1) is 0 Å². The lowest BCUT2D eigenvalue weighted by Crippen LogP contribution is -2.12. The second-order valence-corrected chi connectivity index (χ2v) is 4.47. The second kappa shape index (κ2) is 6.75. The van der Waals surface area contributed by atoms with Gasteiger partial charge in [-0.1, -0.05) is 37.3 Å². The Morgan fingerprint density at radius 2 is 1.65 bits per heavy atom. The number of ether oxygens (including phenoxy) is 2. The van der Waals surface area contributed by atoms with Crippen LogP contribution in [0.4, 0.5) is 5.95 Å². The molecule has 2 rings (SSSR count). The largest absolute Gasteiger partial charge is 0.481 e. The van der Waals surface area contributed by atoms with Gasteiger partial charge in [0.2, 0.25) is 17.7 Å². The summed E-state index contributed by atoms with van der Waals surface area (Å²) in [6, 6.07) is 12.0. The number of nitrogens with zero attached hydrogens (tertiary/aromatic N) is 2. The van der Waals surface area contributed by atoms with E-state index in [0.717, 1.165) is 6.54 Å². The van der Waals surface area contributed by atoms with Crippen LogP contribution in [0.25, 0.3) is 0 Å². The van der Waals surface area contributed by atoms with Gasteiger partial charge in [-0.3, -0.25) is 0 Å². The Bertz CT molecular complexity index is 524. The summed E-state index contributed by atoms with van der Waals surface area (Å²) in [5.74, 6) is 1.82. The van der Waals surface area contributed by atoms with E-state index in [1.807, 2.05) is 18.2 Å². The fourth-order valence-corrected chi connectivity index (χ4v) is 1.84. The van der Waals surface area contributed by atoms with Crippen molar-refractivity contribution < 1.29 is 9.47 Å². The van der Waals surface area contributed by atoms with E-state index in [2.05, 4.69) is 34.3 Å². The summed E-state index contributed by atoms with van der Waals surface area (Å²) in [6.45, 7) is 2.89. The van der Waals surface area contributed by atoms with Crippen molar-refractivity contribution in [2.45, 2.75) is 12.8 Å². The Morgan fingerprint density at radius 3 is 2.20 bits per heavy atom. The fourth-order valence-electron chi connectivity index (χ4n) is 1.84. The first-order valence-electron chi connectivity index (χ1n) is 6.49. The van der Waals surface area contributed by atoms with E-state index < -0.39 is 0 Å². The molecule has 1 N–H and O–H groups in total. The molecule has 5 heteroatoms. The number of methoxy groups -OCH3 is 2. The highest BCUT2D eigenvalue weighted by molar-refractivity contribution is 5.34. The third-order valence-electron chi connectivity index (χ3n) is 3.03.